The number of carbonyl (C=O) groups excluding carboxylic acids is 2. The Morgan fingerprint density at radius 2 is 1.38 bits per heavy atom. The first-order chi connectivity index (χ1) is 18.0. The number of anilines is 1. The number of nitrogens with zero attached hydrogens (tertiary/aromatic N) is 1. The molecule has 0 spiro atoms. The molecule has 0 heterocycles. The van der Waals surface area contributed by atoms with E-state index in [0.717, 1.165) is 0 Å². The van der Waals surface area contributed by atoms with Crippen LogP contribution in [0.5, 0.6) is 23.0 Å². The minimum Gasteiger partial charge on any atom is -0.490 e. The van der Waals surface area contributed by atoms with Gasteiger partial charge in [-0.1, -0.05) is 18.2 Å². The summed E-state index contributed by atoms with van der Waals surface area (Å²) < 4.78 is 22.4. The zero-order valence-electron chi connectivity index (χ0n) is 21.2. The first kappa shape index (κ1) is 27.1. The molecule has 0 bridgehead atoms. The number of ether oxygens (including phenoxy) is 4. The molecule has 3 aromatic rings. The number of amides is 2. The number of hydrogen-bond donors (Lipinski definition) is 2. The first-order valence-electron chi connectivity index (χ1n) is 12.0. The lowest BCUT2D eigenvalue weighted by atomic mass is 10.2. The molecule has 0 atom stereocenters. The summed E-state index contributed by atoms with van der Waals surface area (Å²) in [7, 11) is 0. The maximum absolute atomic E-state index is 12.6. The molecule has 0 aromatic heterocycles. The largest absolute Gasteiger partial charge is 0.490 e. The third-order valence-electron chi connectivity index (χ3n) is 4.87. The van der Waals surface area contributed by atoms with Crippen molar-refractivity contribution in [3.8, 4) is 23.0 Å². The van der Waals surface area contributed by atoms with Gasteiger partial charge in [-0.05, 0) is 74.9 Å². The van der Waals surface area contributed by atoms with Gasteiger partial charge in [0.15, 0.2) is 29.6 Å². The molecule has 0 aliphatic heterocycles. The SMILES string of the molecule is CCOc1ccc(C(=O)N/N=C/c2ccc(OCC(=O)Nc3ccccc3)c(OCC)c2)cc1OCC. The Hall–Kier alpha value is -4.53. The average Bonchev–Trinajstić information content (AvgIpc) is 2.90. The molecule has 0 saturated heterocycles. The van der Waals surface area contributed by atoms with Crippen molar-refractivity contribution in [2.24, 2.45) is 5.10 Å². The molecule has 3 aromatic carbocycles. The number of benzene rings is 3. The van der Waals surface area contributed by atoms with Crippen LogP contribution in [-0.4, -0.2) is 44.5 Å². The Balaban J connectivity index is 1.61. The van der Waals surface area contributed by atoms with Gasteiger partial charge in [0.2, 0.25) is 0 Å². The van der Waals surface area contributed by atoms with Gasteiger partial charge in [-0.3, -0.25) is 9.59 Å². The van der Waals surface area contributed by atoms with Crippen molar-refractivity contribution in [1.29, 1.82) is 0 Å². The van der Waals surface area contributed by atoms with E-state index in [9.17, 15) is 9.59 Å². The summed E-state index contributed by atoms with van der Waals surface area (Å²) in [6.45, 7) is 6.75. The predicted octanol–water partition coefficient (Wildman–Crippen LogP) is 4.66. The number of nitrogens with one attached hydrogen (secondary N) is 2. The zero-order chi connectivity index (χ0) is 26.5. The summed E-state index contributed by atoms with van der Waals surface area (Å²) in [5, 5.41) is 6.81. The first-order valence-corrected chi connectivity index (χ1v) is 12.0. The molecular formula is C28H31N3O6. The molecule has 2 N–H and O–H groups in total. The standard InChI is InChI=1S/C28H31N3O6/c1-4-34-23-15-13-21(17-26(23)36-6-3)28(33)31-29-18-20-12-14-24(25(16-20)35-5-2)37-19-27(32)30-22-10-8-7-9-11-22/h7-18H,4-6,19H2,1-3H3,(H,30,32)(H,31,33)/b29-18+. The minimum absolute atomic E-state index is 0.176. The van der Waals surface area contributed by atoms with Crippen molar-refractivity contribution < 1.29 is 28.5 Å². The molecule has 9 nitrogen and oxygen atoms in total. The van der Waals surface area contributed by atoms with Crippen LogP contribution in [0.4, 0.5) is 5.69 Å². The van der Waals surface area contributed by atoms with Gasteiger partial charge >= 0.3 is 0 Å². The topological polar surface area (TPSA) is 107 Å². The van der Waals surface area contributed by atoms with E-state index in [0.29, 0.717) is 59.6 Å². The summed E-state index contributed by atoms with van der Waals surface area (Å²) in [5.74, 6) is 1.27. The highest BCUT2D eigenvalue weighted by atomic mass is 16.5. The van der Waals surface area contributed by atoms with Gasteiger partial charge < -0.3 is 24.3 Å². The Kier molecular flexibility index (Phi) is 10.3. The van der Waals surface area contributed by atoms with Crippen molar-refractivity contribution in [2.45, 2.75) is 20.8 Å². The second-order valence-corrected chi connectivity index (χ2v) is 7.57. The Morgan fingerprint density at radius 3 is 2.08 bits per heavy atom. The second kappa shape index (κ2) is 14.1. The van der Waals surface area contributed by atoms with E-state index in [1.807, 2.05) is 39.0 Å². The Bertz CT molecular complexity index is 1210. The fraction of sp³-hybridized carbons (Fsp3) is 0.250. The van der Waals surface area contributed by atoms with Crippen LogP contribution >= 0.6 is 0 Å². The number of hydrazone groups is 1. The van der Waals surface area contributed by atoms with Gasteiger partial charge in [0, 0.05) is 11.3 Å². The molecule has 194 valence electrons. The summed E-state index contributed by atoms with van der Waals surface area (Å²) in [5.41, 5.74) is 4.25. The smallest absolute Gasteiger partial charge is 0.271 e. The third kappa shape index (κ3) is 8.28. The molecule has 0 aliphatic rings. The van der Waals surface area contributed by atoms with Gasteiger partial charge in [0.25, 0.3) is 11.8 Å². The van der Waals surface area contributed by atoms with Gasteiger partial charge in [-0.25, -0.2) is 5.43 Å². The Labute approximate surface area is 216 Å². The van der Waals surface area contributed by atoms with Crippen LogP contribution < -0.4 is 29.7 Å². The molecular weight excluding hydrogens is 474 g/mol. The quantitative estimate of drug-likeness (QED) is 0.258. The lowest BCUT2D eigenvalue weighted by Crippen LogP contribution is -2.20. The molecule has 0 radical (unpaired) electrons. The fourth-order valence-electron chi connectivity index (χ4n) is 3.28. The van der Waals surface area contributed by atoms with E-state index in [-0.39, 0.29) is 12.5 Å². The maximum Gasteiger partial charge on any atom is 0.271 e. The van der Waals surface area contributed by atoms with Crippen LogP contribution in [0.3, 0.4) is 0 Å². The zero-order valence-corrected chi connectivity index (χ0v) is 21.2. The number of rotatable bonds is 13. The van der Waals surface area contributed by atoms with E-state index in [1.165, 1.54) is 6.21 Å². The van der Waals surface area contributed by atoms with Gasteiger partial charge in [-0.2, -0.15) is 5.10 Å². The van der Waals surface area contributed by atoms with Crippen molar-refractivity contribution in [2.75, 3.05) is 31.7 Å². The van der Waals surface area contributed by atoms with Crippen molar-refractivity contribution >= 4 is 23.7 Å². The van der Waals surface area contributed by atoms with Crippen molar-refractivity contribution in [3.63, 3.8) is 0 Å². The van der Waals surface area contributed by atoms with Crippen LogP contribution in [-0.2, 0) is 4.79 Å². The minimum atomic E-state index is -0.394. The summed E-state index contributed by atoms with van der Waals surface area (Å²) in [6.07, 6.45) is 1.49. The van der Waals surface area contributed by atoms with E-state index in [4.69, 9.17) is 18.9 Å². The summed E-state index contributed by atoms with van der Waals surface area (Å²) in [6, 6.07) is 19.2. The summed E-state index contributed by atoms with van der Waals surface area (Å²) in [4.78, 5) is 24.8. The van der Waals surface area contributed by atoms with Gasteiger partial charge in [0.1, 0.15) is 0 Å². The number of para-hydroxylation sites is 1. The molecule has 9 heteroatoms. The van der Waals surface area contributed by atoms with Gasteiger partial charge in [-0.15, -0.1) is 0 Å². The molecule has 0 unspecified atom stereocenters. The number of carbonyl (C=O) groups is 2. The van der Waals surface area contributed by atoms with E-state index >= 15 is 0 Å². The van der Waals surface area contributed by atoms with E-state index in [2.05, 4.69) is 15.8 Å². The monoisotopic (exact) mass is 505 g/mol. The highest BCUT2D eigenvalue weighted by molar-refractivity contribution is 5.95. The van der Waals surface area contributed by atoms with Crippen LogP contribution in [0.2, 0.25) is 0 Å². The maximum atomic E-state index is 12.6. The Morgan fingerprint density at radius 1 is 0.757 bits per heavy atom. The molecule has 0 fully saturated rings. The van der Waals surface area contributed by atoms with Crippen LogP contribution in [0.25, 0.3) is 0 Å². The van der Waals surface area contributed by atoms with Crippen LogP contribution in [0, 0.1) is 0 Å². The molecule has 2 amide bonds. The molecule has 37 heavy (non-hydrogen) atoms. The highest BCUT2D eigenvalue weighted by Crippen LogP contribution is 2.29. The molecule has 3 rings (SSSR count). The van der Waals surface area contributed by atoms with Crippen molar-refractivity contribution in [3.05, 3.63) is 77.9 Å². The summed E-state index contributed by atoms with van der Waals surface area (Å²) >= 11 is 0. The molecule has 0 saturated carbocycles. The lowest BCUT2D eigenvalue weighted by molar-refractivity contribution is -0.118. The second-order valence-electron chi connectivity index (χ2n) is 7.57. The number of hydrogen-bond acceptors (Lipinski definition) is 7. The van der Waals surface area contributed by atoms with Crippen molar-refractivity contribution in [1.82, 2.24) is 5.43 Å². The predicted molar refractivity (Wildman–Crippen MR) is 142 cm³/mol. The highest BCUT2D eigenvalue weighted by Gasteiger charge is 2.12. The molecule has 0 aliphatic carbocycles. The normalized spacial score (nSPS) is 10.6. The van der Waals surface area contributed by atoms with Crippen LogP contribution in [0.1, 0.15) is 36.7 Å². The average molecular weight is 506 g/mol. The fourth-order valence-corrected chi connectivity index (χ4v) is 3.28. The van der Waals surface area contributed by atoms with Crippen LogP contribution in [0.15, 0.2) is 71.8 Å². The lowest BCUT2D eigenvalue weighted by Gasteiger charge is -2.13. The van der Waals surface area contributed by atoms with Gasteiger partial charge in [0.05, 0.1) is 26.0 Å². The van der Waals surface area contributed by atoms with E-state index < -0.39 is 5.91 Å². The van der Waals surface area contributed by atoms with E-state index in [1.54, 1.807) is 48.5 Å². The third-order valence-corrected chi connectivity index (χ3v) is 4.87.